The van der Waals surface area contributed by atoms with Gasteiger partial charge in [0.25, 0.3) is 5.69 Å². The van der Waals surface area contributed by atoms with Crippen LogP contribution in [0.2, 0.25) is 0 Å². The monoisotopic (exact) mass is 221 g/mol. The molecular weight excluding hydrogens is 210 g/mol. The number of benzene rings is 1. The number of hydrogen-bond acceptors (Lipinski definition) is 4. The highest BCUT2D eigenvalue weighted by molar-refractivity contribution is 5.92. The second-order valence-corrected chi connectivity index (χ2v) is 3.13. The lowest BCUT2D eigenvalue weighted by Gasteiger charge is -2.03. The van der Waals surface area contributed by atoms with Crippen molar-refractivity contribution in [1.29, 1.82) is 0 Å². The summed E-state index contributed by atoms with van der Waals surface area (Å²) in [6, 6.07) is 4.21. The first kappa shape index (κ1) is 11.9. The summed E-state index contributed by atoms with van der Waals surface area (Å²) in [5, 5.41) is 10.6. The van der Waals surface area contributed by atoms with Crippen molar-refractivity contribution in [3.8, 4) is 5.75 Å². The van der Waals surface area contributed by atoms with Crippen LogP contribution in [-0.4, -0.2) is 17.8 Å². The number of allylic oxidation sites excluding steroid dienone is 1. The molecule has 0 saturated carbocycles. The predicted molar refractivity (Wildman–Crippen MR) is 59.4 cm³/mol. The minimum atomic E-state index is -0.495. The summed E-state index contributed by atoms with van der Waals surface area (Å²) < 4.78 is 5.03. The maximum absolute atomic E-state index is 10.8. The normalized spacial score (nSPS) is 10.4. The van der Waals surface area contributed by atoms with Gasteiger partial charge in [-0.3, -0.25) is 14.9 Å². The van der Waals surface area contributed by atoms with E-state index in [9.17, 15) is 14.9 Å². The summed E-state index contributed by atoms with van der Waals surface area (Å²) in [4.78, 5) is 20.8. The lowest BCUT2D eigenvalue weighted by Crippen LogP contribution is -1.92. The van der Waals surface area contributed by atoms with Crippen molar-refractivity contribution in [2.75, 3.05) is 7.11 Å². The molecular formula is C11H11NO4. The Morgan fingerprint density at radius 1 is 1.50 bits per heavy atom. The van der Waals surface area contributed by atoms with E-state index in [1.54, 1.807) is 0 Å². The molecule has 1 aromatic rings. The SMILES string of the molecule is COc1ccc([N+](=O)[O-])cc1/C=C/C(C)=O. The van der Waals surface area contributed by atoms with E-state index in [2.05, 4.69) is 0 Å². The standard InChI is InChI=1S/C11H11NO4/c1-8(13)3-4-9-7-10(12(14)15)5-6-11(9)16-2/h3-7H,1-2H3/b4-3+. The van der Waals surface area contributed by atoms with Crippen molar-refractivity contribution in [2.24, 2.45) is 0 Å². The van der Waals surface area contributed by atoms with Crippen molar-refractivity contribution >= 4 is 17.5 Å². The zero-order valence-electron chi connectivity index (χ0n) is 8.97. The molecule has 0 N–H and O–H groups in total. The molecule has 0 aromatic heterocycles. The molecule has 0 heterocycles. The van der Waals surface area contributed by atoms with Crippen LogP contribution in [0.5, 0.6) is 5.75 Å². The third kappa shape index (κ3) is 2.91. The fourth-order valence-electron chi connectivity index (χ4n) is 1.17. The number of ether oxygens (including phenoxy) is 1. The Bertz CT molecular complexity index is 451. The average Bonchev–Trinajstić information content (AvgIpc) is 2.25. The van der Waals surface area contributed by atoms with Gasteiger partial charge in [0, 0.05) is 17.7 Å². The number of hydrogen-bond donors (Lipinski definition) is 0. The van der Waals surface area contributed by atoms with Gasteiger partial charge in [-0.2, -0.15) is 0 Å². The summed E-state index contributed by atoms with van der Waals surface area (Å²) in [7, 11) is 1.46. The summed E-state index contributed by atoms with van der Waals surface area (Å²) in [5.74, 6) is 0.358. The Morgan fingerprint density at radius 3 is 2.69 bits per heavy atom. The van der Waals surface area contributed by atoms with Crippen LogP contribution in [0.1, 0.15) is 12.5 Å². The van der Waals surface area contributed by atoms with Crippen molar-refractivity contribution in [3.05, 3.63) is 40.0 Å². The van der Waals surface area contributed by atoms with Crippen LogP contribution in [0.25, 0.3) is 6.08 Å². The highest BCUT2D eigenvalue weighted by Gasteiger charge is 2.09. The minimum absolute atomic E-state index is 0.0380. The second-order valence-electron chi connectivity index (χ2n) is 3.13. The number of nitro benzene ring substituents is 1. The van der Waals surface area contributed by atoms with Crippen molar-refractivity contribution in [3.63, 3.8) is 0 Å². The largest absolute Gasteiger partial charge is 0.496 e. The number of nitro groups is 1. The van der Waals surface area contributed by atoms with Gasteiger partial charge in [0.2, 0.25) is 0 Å². The molecule has 16 heavy (non-hydrogen) atoms. The van der Waals surface area contributed by atoms with E-state index in [0.717, 1.165) is 0 Å². The second kappa shape index (κ2) is 5.06. The van der Waals surface area contributed by atoms with Gasteiger partial charge in [-0.1, -0.05) is 0 Å². The molecule has 0 aliphatic heterocycles. The van der Waals surface area contributed by atoms with Crippen LogP contribution in [0.4, 0.5) is 5.69 Å². The van der Waals surface area contributed by atoms with Crippen LogP contribution in [0, 0.1) is 10.1 Å². The van der Waals surface area contributed by atoms with E-state index in [0.29, 0.717) is 11.3 Å². The Kier molecular flexibility index (Phi) is 3.77. The first-order chi connectivity index (χ1) is 7.54. The molecule has 0 bridgehead atoms. The molecule has 0 unspecified atom stereocenters. The number of methoxy groups -OCH3 is 1. The minimum Gasteiger partial charge on any atom is -0.496 e. The zero-order valence-corrected chi connectivity index (χ0v) is 8.97. The molecule has 0 atom stereocenters. The van der Waals surface area contributed by atoms with E-state index in [1.165, 1.54) is 44.4 Å². The van der Waals surface area contributed by atoms with Gasteiger partial charge in [-0.05, 0) is 25.1 Å². The molecule has 1 rings (SSSR count). The van der Waals surface area contributed by atoms with E-state index in [-0.39, 0.29) is 11.5 Å². The summed E-state index contributed by atoms with van der Waals surface area (Å²) >= 11 is 0. The maximum Gasteiger partial charge on any atom is 0.270 e. The summed E-state index contributed by atoms with van der Waals surface area (Å²) in [5.41, 5.74) is 0.468. The smallest absolute Gasteiger partial charge is 0.270 e. The van der Waals surface area contributed by atoms with Gasteiger partial charge in [-0.25, -0.2) is 0 Å². The lowest BCUT2D eigenvalue weighted by atomic mass is 10.1. The Hall–Kier alpha value is -2.17. The first-order valence-electron chi connectivity index (χ1n) is 4.55. The van der Waals surface area contributed by atoms with Gasteiger partial charge in [-0.15, -0.1) is 0 Å². The topological polar surface area (TPSA) is 69.4 Å². The van der Waals surface area contributed by atoms with Gasteiger partial charge in [0.15, 0.2) is 5.78 Å². The van der Waals surface area contributed by atoms with E-state index in [1.807, 2.05) is 0 Å². The van der Waals surface area contributed by atoms with E-state index in [4.69, 9.17) is 4.74 Å². The van der Waals surface area contributed by atoms with E-state index < -0.39 is 4.92 Å². The Labute approximate surface area is 92.5 Å². The highest BCUT2D eigenvalue weighted by atomic mass is 16.6. The summed E-state index contributed by atoms with van der Waals surface area (Å²) in [6.07, 6.45) is 2.83. The highest BCUT2D eigenvalue weighted by Crippen LogP contribution is 2.24. The Balaban J connectivity index is 3.16. The third-order valence-corrected chi connectivity index (χ3v) is 1.92. The molecule has 1 aromatic carbocycles. The quantitative estimate of drug-likeness (QED) is 0.444. The maximum atomic E-state index is 10.8. The van der Waals surface area contributed by atoms with Gasteiger partial charge in [0.05, 0.1) is 12.0 Å². The van der Waals surface area contributed by atoms with Crippen LogP contribution >= 0.6 is 0 Å². The van der Waals surface area contributed by atoms with Crippen molar-refractivity contribution < 1.29 is 14.5 Å². The fraction of sp³-hybridized carbons (Fsp3) is 0.182. The van der Waals surface area contributed by atoms with Crippen LogP contribution in [0.3, 0.4) is 0 Å². The number of rotatable bonds is 4. The molecule has 0 radical (unpaired) electrons. The molecule has 0 amide bonds. The number of carbonyl (C=O) groups is 1. The molecule has 5 nitrogen and oxygen atoms in total. The molecule has 84 valence electrons. The van der Waals surface area contributed by atoms with Crippen molar-refractivity contribution in [2.45, 2.75) is 6.92 Å². The molecule has 5 heteroatoms. The zero-order chi connectivity index (χ0) is 12.1. The number of carbonyl (C=O) groups excluding carboxylic acids is 1. The molecule has 0 aliphatic rings. The van der Waals surface area contributed by atoms with Crippen LogP contribution in [0.15, 0.2) is 24.3 Å². The molecule has 0 saturated heterocycles. The summed E-state index contributed by atoms with van der Waals surface area (Å²) in [6.45, 7) is 1.40. The molecule has 0 spiro atoms. The van der Waals surface area contributed by atoms with Gasteiger partial charge >= 0.3 is 0 Å². The van der Waals surface area contributed by atoms with Gasteiger partial charge in [0.1, 0.15) is 5.75 Å². The number of non-ortho nitro benzene ring substituents is 1. The fourth-order valence-corrected chi connectivity index (χ4v) is 1.17. The number of nitrogens with zero attached hydrogens (tertiary/aromatic N) is 1. The molecule has 0 aliphatic carbocycles. The van der Waals surface area contributed by atoms with Crippen LogP contribution in [-0.2, 0) is 4.79 Å². The average molecular weight is 221 g/mol. The number of ketones is 1. The lowest BCUT2D eigenvalue weighted by molar-refractivity contribution is -0.384. The van der Waals surface area contributed by atoms with Crippen LogP contribution < -0.4 is 4.74 Å². The first-order valence-corrected chi connectivity index (χ1v) is 4.55. The Morgan fingerprint density at radius 2 is 2.19 bits per heavy atom. The van der Waals surface area contributed by atoms with Gasteiger partial charge < -0.3 is 4.74 Å². The van der Waals surface area contributed by atoms with E-state index >= 15 is 0 Å². The third-order valence-electron chi connectivity index (χ3n) is 1.92. The predicted octanol–water partition coefficient (Wildman–Crippen LogP) is 2.21. The molecule has 0 fully saturated rings. The van der Waals surface area contributed by atoms with Crippen molar-refractivity contribution in [1.82, 2.24) is 0 Å².